The maximum atomic E-state index is 5.54. The van der Waals surface area contributed by atoms with Gasteiger partial charge in [0.05, 0.1) is 6.61 Å². The summed E-state index contributed by atoms with van der Waals surface area (Å²) < 4.78 is 6.01. The second-order valence-corrected chi connectivity index (χ2v) is 4.51. The normalized spacial score (nSPS) is 41.7. The van der Waals surface area contributed by atoms with Crippen LogP contribution in [0.4, 0.5) is 0 Å². The van der Waals surface area contributed by atoms with Crippen LogP contribution in [0.25, 0.3) is 0 Å². The van der Waals surface area contributed by atoms with Crippen LogP contribution in [0.2, 0.25) is 0 Å². The highest BCUT2D eigenvalue weighted by molar-refractivity contribution is 14.1. The highest BCUT2D eigenvalue weighted by Gasteiger charge is 2.24. The van der Waals surface area contributed by atoms with Crippen molar-refractivity contribution in [3.63, 3.8) is 0 Å². The molecule has 0 saturated carbocycles. The van der Waals surface area contributed by atoms with Gasteiger partial charge in [-0.2, -0.15) is 0 Å². The number of alkyl halides is 1. The van der Waals surface area contributed by atoms with Gasteiger partial charge in [-0.3, -0.25) is 0 Å². The third kappa shape index (κ3) is 2.09. The van der Waals surface area contributed by atoms with Crippen molar-refractivity contribution in [2.75, 3.05) is 6.61 Å². The van der Waals surface area contributed by atoms with Crippen LogP contribution in [0.3, 0.4) is 0 Å². The molecule has 10 heavy (non-hydrogen) atoms. The van der Waals surface area contributed by atoms with Gasteiger partial charge in [0.2, 0.25) is 0 Å². The summed E-state index contributed by atoms with van der Waals surface area (Å²) >= 11 is 2.38. The number of hydrogen-bond donors (Lipinski definition) is 0. The summed E-state index contributed by atoms with van der Waals surface area (Å²) in [4.78, 5) is 0. The molecule has 0 aromatic heterocycles. The lowest BCUT2D eigenvalue weighted by atomic mass is 9.88. The first kappa shape index (κ1) is 8.78. The van der Waals surface area contributed by atoms with Gasteiger partial charge >= 0.3 is 0 Å². The van der Waals surface area contributed by atoms with Gasteiger partial charge < -0.3 is 4.74 Å². The fraction of sp³-hybridized carbons (Fsp3) is 1.00. The topological polar surface area (TPSA) is 9.23 Å². The maximum absolute atomic E-state index is 5.54. The van der Waals surface area contributed by atoms with E-state index < -0.39 is 0 Å². The van der Waals surface area contributed by atoms with Gasteiger partial charge in [0, 0.05) is 0 Å². The first-order valence-corrected chi connectivity index (χ1v) is 5.24. The van der Waals surface area contributed by atoms with Crippen molar-refractivity contribution >= 4 is 22.6 Å². The molecule has 1 fully saturated rings. The van der Waals surface area contributed by atoms with Crippen LogP contribution < -0.4 is 0 Å². The van der Waals surface area contributed by atoms with E-state index in [0.29, 0.717) is 4.11 Å². The van der Waals surface area contributed by atoms with Crippen LogP contribution in [0.1, 0.15) is 26.7 Å². The average molecular weight is 254 g/mol. The third-order valence-corrected chi connectivity index (χ3v) is 3.25. The molecule has 0 aromatic carbocycles. The third-order valence-electron chi connectivity index (χ3n) is 2.38. The predicted octanol–water partition coefficient (Wildman–Crippen LogP) is 2.83. The lowest BCUT2D eigenvalue weighted by Gasteiger charge is -2.31. The monoisotopic (exact) mass is 254 g/mol. The summed E-state index contributed by atoms with van der Waals surface area (Å²) in [7, 11) is 0. The Morgan fingerprint density at radius 2 is 2.30 bits per heavy atom. The molecule has 2 heteroatoms. The first-order valence-electron chi connectivity index (χ1n) is 3.99. The largest absolute Gasteiger partial charge is 0.368 e. The van der Waals surface area contributed by atoms with Crippen molar-refractivity contribution in [2.24, 2.45) is 11.8 Å². The van der Waals surface area contributed by atoms with E-state index in [1.165, 1.54) is 12.8 Å². The molecular weight excluding hydrogens is 239 g/mol. The molecule has 0 bridgehead atoms. The van der Waals surface area contributed by atoms with E-state index in [1.54, 1.807) is 0 Å². The summed E-state index contributed by atoms with van der Waals surface area (Å²) in [6.07, 6.45) is 2.50. The van der Waals surface area contributed by atoms with E-state index in [9.17, 15) is 0 Å². The van der Waals surface area contributed by atoms with Crippen LogP contribution in [0.5, 0.6) is 0 Å². The van der Waals surface area contributed by atoms with Gasteiger partial charge in [-0.25, -0.2) is 0 Å². The first-order chi connectivity index (χ1) is 4.74. The Balaban J connectivity index is 2.36. The molecule has 0 radical (unpaired) electrons. The molecule has 0 spiro atoms. The summed E-state index contributed by atoms with van der Waals surface area (Å²) in [5.74, 6) is 1.67. The van der Waals surface area contributed by atoms with Crippen molar-refractivity contribution in [3.05, 3.63) is 0 Å². The van der Waals surface area contributed by atoms with Crippen molar-refractivity contribution in [2.45, 2.75) is 30.8 Å². The minimum absolute atomic E-state index is 0.468. The molecule has 0 aromatic rings. The Morgan fingerprint density at radius 3 is 2.80 bits per heavy atom. The van der Waals surface area contributed by atoms with Crippen molar-refractivity contribution in [3.8, 4) is 0 Å². The van der Waals surface area contributed by atoms with Gasteiger partial charge in [0.1, 0.15) is 4.11 Å². The van der Waals surface area contributed by atoms with Crippen LogP contribution in [-0.4, -0.2) is 10.7 Å². The van der Waals surface area contributed by atoms with E-state index in [1.807, 2.05) is 0 Å². The van der Waals surface area contributed by atoms with Gasteiger partial charge in [-0.05, 0) is 18.3 Å². The lowest BCUT2D eigenvalue weighted by Crippen LogP contribution is -2.28. The summed E-state index contributed by atoms with van der Waals surface area (Å²) in [6, 6.07) is 0. The summed E-state index contributed by atoms with van der Waals surface area (Å²) in [5, 5.41) is 0. The smallest absolute Gasteiger partial charge is 0.109 e. The molecule has 1 aliphatic heterocycles. The molecule has 0 amide bonds. The average Bonchev–Trinajstić information content (AvgIpc) is 1.88. The van der Waals surface area contributed by atoms with Gasteiger partial charge in [0.25, 0.3) is 0 Å². The molecular formula is C8H15IO. The van der Waals surface area contributed by atoms with E-state index in [-0.39, 0.29) is 0 Å². The molecule has 0 N–H and O–H groups in total. The second kappa shape index (κ2) is 3.90. The number of halogens is 1. The van der Waals surface area contributed by atoms with E-state index in [4.69, 9.17) is 4.74 Å². The molecule has 3 unspecified atom stereocenters. The van der Waals surface area contributed by atoms with E-state index in [2.05, 4.69) is 36.4 Å². The summed E-state index contributed by atoms with van der Waals surface area (Å²) in [5.41, 5.74) is 0. The zero-order valence-corrected chi connectivity index (χ0v) is 8.80. The van der Waals surface area contributed by atoms with Crippen LogP contribution in [-0.2, 0) is 4.74 Å². The quantitative estimate of drug-likeness (QED) is 0.516. The van der Waals surface area contributed by atoms with Crippen LogP contribution >= 0.6 is 22.6 Å². The highest BCUT2D eigenvalue weighted by Crippen LogP contribution is 2.29. The number of ether oxygens (including phenoxy) is 1. The van der Waals surface area contributed by atoms with Gasteiger partial charge in [-0.1, -0.05) is 42.9 Å². The minimum atomic E-state index is 0.468. The molecule has 0 aliphatic carbocycles. The van der Waals surface area contributed by atoms with E-state index in [0.717, 1.165) is 18.4 Å². The summed E-state index contributed by atoms with van der Waals surface area (Å²) in [6.45, 7) is 5.56. The molecule has 1 saturated heterocycles. The Bertz CT molecular complexity index is 105. The second-order valence-electron chi connectivity index (χ2n) is 3.12. The Hall–Kier alpha value is 0.690. The highest BCUT2D eigenvalue weighted by atomic mass is 127. The Labute approximate surface area is 76.7 Å². The molecule has 60 valence electrons. The van der Waals surface area contributed by atoms with Crippen molar-refractivity contribution in [1.82, 2.24) is 0 Å². The number of hydrogen-bond acceptors (Lipinski definition) is 1. The SMILES string of the molecule is CCC1COC(I)CC1C. The fourth-order valence-electron chi connectivity index (χ4n) is 1.47. The Morgan fingerprint density at radius 1 is 1.60 bits per heavy atom. The van der Waals surface area contributed by atoms with Crippen LogP contribution in [0, 0.1) is 11.8 Å². The van der Waals surface area contributed by atoms with Crippen LogP contribution in [0.15, 0.2) is 0 Å². The zero-order chi connectivity index (χ0) is 7.56. The van der Waals surface area contributed by atoms with E-state index >= 15 is 0 Å². The standard InChI is InChI=1S/C8H15IO/c1-3-7-5-10-8(9)4-6(7)2/h6-8H,3-5H2,1-2H3. The van der Waals surface area contributed by atoms with Crippen molar-refractivity contribution in [1.29, 1.82) is 0 Å². The lowest BCUT2D eigenvalue weighted by molar-refractivity contribution is 0.0106. The maximum Gasteiger partial charge on any atom is 0.109 e. The number of rotatable bonds is 1. The Kier molecular flexibility index (Phi) is 3.43. The molecule has 1 rings (SSSR count). The van der Waals surface area contributed by atoms with Gasteiger partial charge in [-0.15, -0.1) is 0 Å². The molecule has 3 atom stereocenters. The fourth-order valence-corrected chi connectivity index (χ4v) is 2.48. The minimum Gasteiger partial charge on any atom is -0.368 e. The molecule has 1 nitrogen and oxygen atoms in total. The predicted molar refractivity (Wildman–Crippen MR) is 51.3 cm³/mol. The van der Waals surface area contributed by atoms with Crippen molar-refractivity contribution < 1.29 is 4.74 Å². The zero-order valence-electron chi connectivity index (χ0n) is 6.64. The molecule has 1 heterocycles. The molecule has 1 aliphatic rings. The van der Waals surface area contributed by atoms with Gasteiger partial charge in [0.15, 0.2) is 0 Å².